The zero-order valence-electron chi connectivity index (χ0n) is 22.8. The predicted octanol–water partition coefficient (Wildman–Crippen LogP) is 5.17. The first-order valence-electron chi connectivity index (χ1n) is 13.2. The van der Waals surface area contributed by atoms with Gasteiger partial charge in [0.25, 0.3) is 0 Å². The first-order chi connectivity index (χ1) is 18.8. The maximum atomic E-state index is 13.9. The molecule has 2 aromatic rings. The number of carbonyl (C=O) groups is 3. The molecule has 0 saturated heterocycles. The Morgan fingerprint density at radius 3 is 2.46 bits per heavy atom. The van der Waals surface area contributed by atoms with Gasteiger partial charge in [-0.2, -0.15) is 11.8 Å². The van der Waals surface area contributed by atoms with Gasteiger partial charge in [-0.05, 0) is 48.3 Å². The lowest BCUT2D eigenvalue weighted by molar-refractivity contribution is -0.151. The van der Waals surface area contributed by atoms with Gasteiger partial charge in [-0.3, -0.25) is 9.59 Å². The van der Waals surface area contributed by atoms with Gasteiger partial charge < -0.3 is 19.5 Å². The van der Waals surface area contributed by atoms with Crippen LogP contribution in [0.4, 0.5) is 0 Å². The van der Waals surface area contributed by atoms with E-state index in [0.29, 0.717) is 41.4 Å². The minimum absolute atomic E-state index is 0.238. The molecule has 0 spiro atoms. The fourth-order valence-corrected chi connectivity index (χ4v) is 5.69. The Labute approximate surface area is 234 Å². The number of nitrogens with one attached hydrogen (secondary N) is 1. The van der Waals surface area contributed by atoms with Crippen LogP contribution in [-0.2, 0) is 30.5 Å². The van der Waals surface area contributed by atoms with E-state index in [1.807, 2.05) is 68.4 Å². The zero-order chi connectivity index (χ0) is 27.9. The molecule has 1 aliphatic heterocycles. The topological polar surface area (TPSA) is 90.9 Å². The molecule has 0 aromatic heterocycles. The fourth-order valence-electron chi connectivity index (χ4n) is 5.20. The molecule has 1 heterocycles. The van der Waals surface area contributed by atoms with Gasteiger partial charge in [0.15, 0.2) is 5.78 Å². The molecule has 4 rings (SSSR count). The molecule has 0 fully saturated rings. The minimum Gasteiger partial charge on any atom is -0.489 e. The molecule has 0 unspecified atom stereocenters. The number of allylic oxidation sites excluding steroid dienone is 3. The number of esters is 2. The molecule has 3 atom stereocenters. The van der Waals surface area contributed by atoms with Crippen LogP contribution in [0.2, 0.25) is 0 Å². The molecule has 2 aliphatic rings. The van der Waals surface area contributed by atoms with E-state index in [2.05, 4.69) is 12.2 Å². The molecule has 1 aliphatic carbocycles. The summed E-state index contributed by atoms with van der Waals surface area (Å²) in [6.07, 6.45) is 0.489. The van der Waals surface area contributed by atoms with E-state index >= 15 is 0 Å². The van der Waals surface area contributed by atoms with Crippen molar-refractivity contribution in [3.05, 3.63) is 88.3 Å². The summed E-state index contributed by atoms with van der Waals surface area (Å²) in [5.41, 5.74) is 3.97. The Balaban J connectivity index is 1.68. The van der Waals surface area contributed by atoms with Crippen molar-refractivity contribution >= 4 is 29.5 Å². The second-order valence-electron chi connectivity index (χ2n) is 9.71. The minimum atomic E-state index is -0.928. The van der Waals surface area contributed by atoms with Crippen molar-refractivity contribution in [3.63, 3.8) is 0 Å². The van der Waals surface area contributed by atoms with Crippen LogP contribution in [0, 0.1) is 11.8 Å². The zero-order valence-corrected chi connectivity index (χ0v) is 23.6. The summed E-state index contributed by atoms with van der Waals surface area (Å²) in [6.45, 7) is 6.44. The van der Waals surface area contributed by atoms with E-state index < -0.39 is 23.8 Å². The lowest BCUT2D eigenvalue weighted by Crippen LogP contribution is -2.43. The quantitative estimate of drug-likeness (QED) is 0.247. The van der Waals surface area contributed by atoms with Crippen LogP contribution in [0.3, 0.4) is 0 Å². The van der Waals surface area contributed by atoms with E-state index in [4.69, 9.17) is 14.2 Å². The second kappa shape index (κ2) is 13.0. The number of hydrogen-bond acceptors (Lipinski definition) is 8. The van der Waals surface area contributed by atoms with E-state index in [1.165, 1.54) is 7.11 Å². The third kappa shape index (κ3) is 6.38. The van der Waals surface area contributed by atoms with Crippen molar-refractivity contribution < 1.29 is 28.6 Å². The van der Waals surface area contributed by atoms with Gasteiger partial charge in [-0.15, -0.1) is 0 Å². The van der Waals surface area contributed by atoms with Gasteiger partial charge in [-0.1, -0.05) is 56.3 Å². The summed E-state index contributed by atoms with van der Waals surface area (Å²) in [7, 11) is 1.29. The molecule has 2 aromatic carbocycles. The van der Waals surface area contributed by atoms with E-state index in [-0.39, 0.29) is 18.3 Å². The third-order valence-electron chi connectivity index (χ3n) is 7.09. The number of rotatable bonds is 10. The summed E-state index contributed by atoms with van der Waals surface area (Å²) >= 11 is 1.69. The van der Waals surface area contributed by atoms with Gasteiger partial charge in [0.1, 0.15) is 24.9 Å². The number of carbonyl (C=O) groups excluding carboxylic acids is 3. The average Bonchev–Trinajstić information content (AvgIpc) is 2.94. The summed E-state index contributed by atoms with van der Waals surface area (Å²) in [5.74, 6) is -0.910. The van der Waals surface area contributed by atoms with Gasteiger partial charge in [0.05, 0.1) is 12.7 Å². The molecule has 8 heteroatoms. The fraction of sp³-hybridized carbons (Fsp3) is 0.387. The van der Waals surface area contributed by atoms with Crippen molar-refractivity contribution in [2.75, 3.05) is 25.2 Å². The van der Waals surface area contributed by atoms with Crippen LogP contribution in [0.15, 0.2) is 77.1 Å². The predicted molar refractivity (Wildman–Crippen MR) is 151 cm³/mol. The Hall–Kier alpha value is -3.52. The smallest absolute Gasteiger partial charge is 0.336 e. The van der Waals surface area contributed by atoms with Crippen LogP contribution in [-0.4, -0.2) is 42.9 Å². The highest BCUT2D eigenvalue weighted by molar-refractivity contribution is 7.99. The van der Waals surface area contributed by atoms with Crippen molar-refractivity contribution in [3.8, 4) is 5.75 Å². The molecule has 7 nitrogen and oxygen atoms in total. The largest absolute Gasteiger partial charge is 0.489 e. The molecule has 206 valence electrons. The van der Waals surface area contributed by atoms with Gasteiger partial charge >= 0.3 is 11.9 Å². The number of methoxy groups -OCH3 is 1. The molecule has 39 heavy (non-hydrogen) atoms. The summed E-state index contributed by atoms with van der Waals surface area (Å²) in [4.78, 5) is 39.9. The number of hydrogen-bond donors (Lipinski definition) is 1. The van der Waals surface area contributed by atoms with Gasteiger partial charge in [0, 0.05) is 28.6 Å². The molecule has 0 radical (unpaired) electrons. The Kier molecular flexibility index (Phi) is 9.51. The summed E-state index contributed by atoms with van der Waals surface area (Å²) in [5, 5.41) is 3.29. The Bertz CT molecular complexity index is 1270. The second-order valence-corrected chi connectivity index (χ2v) is 11.1. The molecular formula is C31H35NO6S. The number of benzene rings is 2. The number of thioether (sulfide) groups is 1. The van der Waals surface area contributed by atoms with Crippen molar-refractivity contribution in [2.24, 2.45) is 11.8 Å². The number of ether oxygens (including phenoxy) is 3. The van der Waals surface area contributed by atoms with Crippen LogP contribution in [0.25, 0.3) is 0 Å². The monoisotopic (exact) mass is 549 g/mol. The van der Waals surface area contributed by atoms with Gasteiger partial charge in [-0.25, -0.2) is 4.79 Å². The maximum absolute atomic E-state index is 13.9. The summed E-state index contributed by atoms with van der Waals surface area (Å²) < 4.78 is 16.6. The normalized spacial score (nSPS) is 20.7. The molecule has 0 amide bonds. The SMILES string of the molecule is CCSCCOC(=O)C1=C(C)NC2=C(C(=O)[C@@H](C(=O)OC)[C@H](C)C2)[C@H]1c1ccc(OCc2ccccc2)cc1. The molecule has 0 bridgehead atoms. The maximum Gasteiger partial charge on any atom is 0.336 e. The lowest BCUT2D eigenvalue weighted by Gasteiger charge is -2.38. The number of Topliss-reactive ketones (excluding diaryl/α,β-unsaturated/α-hetero) is 1. The van der Waals surface area contributed by atoms with Crippen molar-refractivity contribution in [1.29, 1.82) is 0 Å². The lowest BCUT2D eigenvalue weighted by atomic mass is 9.69. The highest BCUT2D eigenvalue weighted by atomic mass is 32.2. The van der Waals surface area contributed by atoms with Crippen LogP contribution < -0.4 is 10.1 Å². The van der Waals surface area contributed by atoms with Crippen LogP contribution in [0.1, 0.15) is 44.2 Å². The average molecular weight is 550 g/mol. The first kappa shape index (κ1) is 28.5. The van der Waals surface area contributed by atoms with Crippen LogP contribution in [0.5, 0.6) is 5.75 Å². The Morgan fingerprint density at radius 2 is 1.79 bits per heavy atom. The molecule has 1 N–H and O–H groups in total. The molecular weight excluding hydrogens is 514 g/mol. The Morgan fingerprint density at radius 1 is 1.08 bits per heavy atom. The standard InChI is InChI=1S/C31H35NO6S/c1-5-39-16-15-37-31(35)26-20(3)32-24-17-19(2)25(30(34)36-4)29(33)28(24)27(26)22-11-13-23(14-12-22)38-18-21-9-7-6-8-10-21/h6-14,19,25,27,32H,5,15-18H2,1-4H3/t19-,25+,27+/m1/s1. The third-order valence-corrected chi connectivity index (χ3v) is 7.95. The highest BCUT2D eigenvalue weighted by Gasteiger charge is 2.47. The van der Waals surface area contributed by atoms with Gasteiger partial charge in [0.2, 0.25) is 0 Å². The summed E-state index contributed by atoms with van der Waals surface area (Å²) in [6, 6.07) is 17.3. The van der Waals surface area contributed by atoms with E-state index in [9.17, 15) is 14.4 Å². The van der Waals surface area contributed by atoms with E-state index in [0.717, 1.165) is 22.6 Å². The van der Waals surface area contributed by atoms with E-state index in [1.54, 1.807) is 11.8 Å². The molecule has 0 saturated carbocycles. The van der Waals surface area contributed by atoms with Crippen molar-refractivity contribution in [2.45, 2.75) is 39.7 Å². The highest BCUT2D eigenvalue weighted by Crippen LogP contribution is 2.45. The van der Waals surface area contributed by atoms with Crippen molar-refractivity contribution in [1.82, 2.24) is 5.32 Å². The number of ketones is 1. The first-order valence-corrected chi connectivity index (χ1v) is 14.4. The van der Waals surface area contributed by atoms with Crippen LogP contribution >= 0.6 is 11.8 Å². The number of dihydropyridines is 1.